The third-order valence-electron chi connectivity index (χ3n) is 11.2. The Morgan fingerprint density at radius 2 is 0.667 bits per heavy atom. The second-order valence-electron chi connectivity index (χ2n) is 19.6. The van der Waals surface area contributed by atoms with Crippen LogP contribution in [0.5, 0.6) is 0 Å². The maximum absolute atomic E-state index is 14.5. The van der Waals surface area contributed by atoms with Gasteiger partial charge in [-0.15, -0.1) is 0 Å². The van der Waals surface area contributed by atoms with Gasteiger partial charge >= 0.3 is 0 Å². The van der Waals surface area contributed by atoms with Gasteiger partial charge in [-0.3, -0.25) is 9.59 Å². The Bertz CT molecular complexity index is 2480. The lowest BCUT2D eigenvalue weighted by atomic mass is 9.79. The summed E-state index contributed by atoms with van der Waals surface area (Å²) in [5, 5.41) is 2.59. The normalized spacial score (nSPS) is 13.1. The van der Waals surface area contributed by atoms with Crippen LogP contribution in [0, 0.1) is 0 Å². The van der Waals surface area contributed by atoms with Gasteiger partial charge in [0, 0.05) is 34.6 Å². The zero-order valence-electron chi connectivity index (χ0n) is 34.4. The Labute approximate surface area is 320 Å². The SMILES string of the molecule is CC(C)(C)c1cc(Cn2c3ccccc3c(=O)c3cc4c(cc32)c(=O)c2ccccc2n4Cc2cc(C(C)(C)C)cc(C(C)(C)C)c2)cc(C(C)(C)C)c1. The second kappa shape index (κ2) is 12.8. The highest BCUT2D eigenvalue weighted by Gasteiger charge is 2.24. The predicted octanol–water partition coefficient (Wildman–Crippen LogP) is 11.9. The molecule has 0 atom stereocenters. The lowest BCUT2D eigenvalue weighted by molar-refractivity contribution is 0.565. The highest BCUT2D eigenvalue weighted by atomic mass is 16.1. The van der Waals surface area contributed by atoms with E-state index in [1.165, 1.54) is 33.4 Å². The molecule has 0 spiro atoms. The van der Waals surface area contributed by atoms with E-state index in [0.717, 1.165) is 22.1 Å². The number of hydrogen-bond acceptors (Lipinski definition) is 2. The first kappa shape index (κ1) is 37.4. The minimum atomic E-state index is -0.0356. The molecule has 0 aliphatic carbocycles. The number of benzene rings is 5. The molecule has 0 amide bonds. The summed E-state index contributed by atoms with van der Waals surface area (Å²) in [6, 6.07) is 33.7. The largest absolute Gasteiger partial charge is 0.336 e. The highest BCUT2D eigenvalue weighted by Crippen LogP contribution is 2.34. The molecule has 0 radical (unpaired) electrons. The maximum Gasteiger partial charge on any atom is 0.197 e. The van der Waals surface area contributed by atoms with Crippen molar-refractivity contribution in [3.63, 3.8) is 0 Å². The fourth-order valence-electron chi connectivity index (χ4n) is 7.74. The summed E-state index contributed by atoms with van der Waals surface area (Å²) in [4.78, 5) is 29.1. The number of hydrogen-bond donors (Lipinski definition) is 0. The van der Waals surface area contributed by atoms with Crippen molar-refractivity contribution in [1.29, 1.82) is 0 Å². The number of rotatable bonds is 4. The van der Waals surface area contributed by atoms with E-state index in [0.29, 0.717) is 34.6 Å². The zero-order valence-corrected chi connectivity index (χ0v) is 34.4. The number of fused-ring (bicyclic) bond motifs is 4. The zero-order chi connectivity index (χ0) is 39.1. The van der Waals surface area contributed by atoms with E-state index in [1.807, 2.05) is 60.7 Å². The van der Waals surface area contributed by atoms with E-state index in [2.05, 4.69) is 129 Å². The van der Waals surface area contributed by atoms with Gasteiger partial charge in [0.15, 0.2) is 10.9 Å². The summed E-state index contributed by atoms with van der Waals surface area (Å²) in [7, 11) is 0. The van der Waals surface area contributed by atoms with Crippen LogP contribution in [0.25, 0.3) is 43.6 Å². The van der Waals surface area contributed by atoms with Crippen molar-refractivity contribution in [2.45, 2.75) is 118 Å². The van der Waals surface area contributed by atoms with Gasteiger partial charge in [0.05, 0.1) is 22.1 Å². The molecule has 0 N–H and O–H groups in total. The van der Waals surface area contributed by atoms with Gasteiger partial charge in [-0.1, -0.05) is 144 Å². The molecule has 5 aromatic carbocycles. The lowest BCUT2D eigenvalue weighted by Gasteiger charge is -2.27. The molecule has 0 saturated heterocycles. The predicted molar refractivity (Wildman–Crippen MR) is 231 cm³/mol. The molecule has 0 saturated carbocycles. The summed E-state index contributed by atoms with van der Waals surface area (Å²) in [5.74, 6) is 0. The third-order valence-corrected chi connectivity index (χ3v) is 11.2. The molecule has 7 rings (SSSR count). The fraction of sp³-hybridized carbons (Fsp3) is 0.360. The maximum atomic E-state index is 14.5. The number of para-hydroxylation sites is 2. The van der Waals surface area contributed by atoms with Crippen LogP contribution in [0.1, 0.15) is 116 Å². The van der Waals surface area contributed by atoms with Crippen molar-refractivity contribution in [2.75, 3.05) is 0 Å². The molecule has 2 heterocycles. The fourth-order valence-corrected chi connectivity index (χ4v) is 7.74. The first-order chi connectivity index (χ1) is 25.1. The molecule has 4 heteroatoms. The minimum Gasteiger partial charge on any atom is -0.336 e. The number of pyridine rings is 2. The topological polar surface area (TPSA) is 44.0 Å². The standard InChI is InChI=1S/C50H56N2O2/c1-47(2,3)33-21-31(22-34(25-33)48(4,5)6)29-51-41-19-15-13-17-37(41)45(53)39-28-44-40(27-43(39)51)46(54)38-18-14-16-20-42(38)52(44)30-32-23-35(49(7,8)9)26-36(24-32)50(10,11)12/h13-28H,29-30H2,1-12H3. The van der Waals surface area contributed by atoms with E-state index in [-0.39, 0.29) is 32.5 Å². The molecule has 0 unspecified atom stereocenters. The average molecular weight is 717 g/mol. The Morgan fingerprint density at radius 1 is 0.370 bits per heavy atom. The van der Waals surface area contributed by atoms with Crippen LogP contribution in [0.4, 0.5) is 0 Å². The van der Waals surface area contributed by atoms with E-state index in [4.69, 9.17) is 0 Å². The summed E-state index contributed by atoms with van der Waals surface area (Å²) < 4.78 is 4.50. The monoisotopic (exact) mass is 716 g/mol. The first-order valence-corrected chi connectivity index (χ1v) is 19.4. The van der Waals surface area contributed by atoms with Crippen LogP contribution in [-0.2, 0) is 34.7 Å². The summed E-state index contributed by atoms with van der Waals surface area (Å²) in [6.07, 6.45) is 0. The van der Waals surface area contributed by atoms with Gasteiger partial charge in [-0.05, 0) is 91.4 Å². The van der Waals surface area contributed by atoms with Crippen LogP contribution < -0.4 is 10.9 Å². The summed E-state index contributed by atoms with van der Waals surface area (Å²) >= 11 is 0. The Hall–Kier alpha value is -4.96. The molecule has 278 valence electrons. The van der Waals surface area contributed by atoms with Gasteiger partial charge in [0.25, 0.3) is 0 Å². The molecular weight excluding hydrogens is 661 g/mol. The van der Waals surface area contributed by atoms with Gasteiger partial charge in [0.2, 0.25) is 0 Å². The van der Waals surface area contributed by atoms with E-state index in [9.17, 15) is 9.59 Å². The Kier molecular flexibility index (Phi) is 8.87. The van der Waals surface area contributed by atoms with Crippen molar-refractivity contribution in [3.05, 3.63) is 151 Å². The second-order valence-corrected chi connectivity index (χ2v) is 19.6. The minimum absolute atomic E-state index is 0.0190. The van der Waals surface area contributed by atoms with Gasteiger partial charge in [-0.2, -0.15) is 0 Å². The average Bonchev–Trinajstić information content (AvgIpc) is 3.09. The molecule has 0 bridgehead atoms. The molecule has 2 aromatic heterocycles. The molecule has 7 aromatic rings. The molecular formula is C50H56N2O2. The first-order valence-electron chi connectivity index (χ1n) is 19.4. The van der Waals surface area contributed by atoms with Crippen LogP contribution in [0.3, 0.4) is 0 Å². The van der Waals surface area contributed by atoms with Crippen molar-refractivity contribution in [1.82, 2.24) is 9.13 Å². The van der Waals surface area contributed by atoms with Gasteiger partial charge in [-0.25, -0.2) is 0 Å². The smallest absolute Gasteiger partial charge is 0.197 e. The Balaban J connectivity index is 1.55. The molecule has 54 heavy (non-hydrogen) atoms. The lowest BCUT2D eigenvalue weighted by Crippen LogP contribution is -2.19. The van der Waals surface area contributed by atoms with Crippen molar-refractivity contribution < 1.29 is 0 Å². The van der Waals surface area contributed by atoms with E-state index >= 15 is 0 Å². The number of nitrogens with zero attached hydrogens (tertiary/aromatic N) is 2. The molecule has 4 nitrogen and oxygen atoms in total. The Morgan fingerprint density at radius 3 is 0.963 bits per heavy atom. The van der Waals surface area contributed by atoms with Crippen LogP contribution in [0.15, 0.2) is 107 Å². The summed E-state index contributed by atoms with van der Waals surface area (Å²) in [5.41, 5.74) is 10.6. The quantitative estimate of drug-likeness (QED) is 0.170. The van der Waals surface area contributed by atoms with Crippen LogP contribution in [0.2, 0.25) is 0 Å². The van der Waals surface area contributed by atoms with E-state index in [1.54, 1.807) is 0 Å². The molecule has 0 aliphatic rings. The van der Waals surface area contributed by atoms with Crippen molar-refractivity contribution in [2.24, 2.45) is 0 Å². The van der Waals surface area contributed by atoms with Crippen LogP contribution >= 0.6 is 0 Å². The van der Waals surface area contributed by atoms with Crippen LogP contribution in [-0.4, -0.2) is 9.13 Å². The van der Waals surface area contributed by atoms with Gasteiger partial charge < -0.3 is 9.13 Å². The molecule has 0 fully saturated rings. The van der Waals surface area contributed by atoms with Crippen molar-refractivity contribution in [3.8, 4) is 0 Å². The number of aromatic nitrogens is 2. The van der Waals surface area contributed by atoms with Gasteiger partial charge in [0.1, 0.15) is 0 Å². The third kappa shape index (κ3) is 6.81. The highest BCUT2D eigenvalue weighted by molar-refractivity contribution is 6.03. The van der Waals surface area contributed by atoms with E-state index < -0.39 is 0 Å². The summed E-state index contributed by atoms with van der Waals surface area (Å²) in [6.45, 7) is 28.2. The molecule has 0 aliphatic heterocycles. The van der Waals surface area contributed by atoms with Crippen molar-refractivity contribution >= 4 is 43.6 Å².